The van der Waals surface area contributed by atoms with Gasteiger partial charge in [-0.15, -0.1) is 11.6 Å². The van der Waals surface area contributed by atoms with Gasteiger partial charge in [-0.25, -0.2) is 4.39 Å². The normalized spacial score (nSPS) is 42.9. The Morgan fingerprint density at radius 1 is 1.18 bits per heavy atom. The molecule has 0 spiro atoms. The van der Waals surface area contributed by atoms with Crippen molar-refractivity contribution in [2.75, 3.05) is 6.61 Å². The van der Waals surface area contributed by atoms with E-state index in [-0.39, 0.29) is 53.2 Å². The summed E-state index contributed by atoms with van der Waals surface area (Å²) in [5.41, 5.74) is -2.07. The summed E-state index contributed by atoms with van der Waals surface area (Å²) in [6, 6.07) is 0. The van der Waals surface area contributed by atoms with Crippen LogP contribution in [0.25, 0.3) is 0 Å². The Morgan fingerprint density at radius 2 is 1.91 bits per heavy atom. The van der Waals surface area contributed by atoms with Gasteiger partial charge in [-0.3, -0.25) is 14.4 Å². The number of unbranched alkanes of at least 4 members (excludes halogenated alkanes) is 2. The Kier molecular flexibility index (Phi) is 6.92. The molecule has 0 saturated heterocycles. The number of allylic oxidation sites excluding steroid dienone is 4. The van der Waals surface area contributed by atoms with Crippen molar-refractivity contribution in [2.45, 2.75) is 90.1 Å². The van der Waals surface area contributed by atoms with Crippen molar-refractivity contribution in [2.24, 2.45) is 34.5 Å². The van der Waals surface area contributed by atoms with E-state index in [0.29, 0.717) is 31.3 Å². The molecule has 0 radical (unpaired) electrons. The van der Waals surface area contributed by atoms with E-state index in [1.165, 1.54) is 12.2 Å². The fourth-order valence-corrected chi connectivity index (χ4v) is 8.44. The van der Waals surface area contributed by atoms with Crippen molar-refractivity contribution in [3.05, 3.63) is 23.8 Å². The summed E-state index contributed by atoms with van der Waals surface area (Å²) in [4.78, 5) is 37.4. The summed E-state index contributed by atoms with van der Waals surface area (Å²) < 4.78 is 22.4. The van der Waals surface area contributed by atoms with E-state index in [0.717, 1.165) is 25.7 Å². The number of hydrogen-bond acceptors (Lipinski definition) is 4. The van der Waals surface area contributed by atoms with Crippen LogP contribution in [0.2, 0.25) is 0 Å². The number of fused-ring (bicyclic) bond motifs is 5. The van der Waals surface area contributed by atoms with E-state index in [9.17, 15) is 14.4 Å². The van der Waals surface area contributed by atoms with Gasteiger partial charge in [-0.1, -0.05) is 39.7 Å². The van der Waals surface area contributed by atoms with Gasteiger partial charge in [-0.05, 0) is 79.9 Å². The van der Waals surface area contributed by atoms with E-state index in [1.807, 2.05) is 6.92 Å². The molecule has 0 aliphatic heterocycles. The predicted octanol–water partition coefficient (Wildman–Crippen LogP) is 6.16. The number of carbonyl (C=O) groups is 3. The average Bonchev–Trinajstić information content (AvgIpc) is 3.05. The molecular weight excluding hydrogens is 455 g/mol. The first kappa shape index (κ1) is 25.6. The van der Waals surface area contributed by atoms with Gasteiger partial charge in [0, 0.05) is 17.8 Å². The molecule has 34 heavy (non-hydrogen) atoms. The van der Waals surface area contributed by atoms with Crippen LogP contribution in [0.3, 0.4) is 0 Å². The summed E-state index contributed by atoms with van der Waals surface area (Å²) in [6.07, 6.45) is 9.99. The number of halogens is 2. The number of esters is 1. The average molecular weight is 493 g/mol. The highest BCUT2D eigenvalue weighted by Crippen LogP contribution is 2.70. The van der Waals surface area contributed by atoms with Gasteiger partial charge in [0.15, 0.2) is 11.6 Å². The second-order valence-corrected chi connectivity index (χ2v) is 12.1. The molecule has 0 aromatic carbocycles. The van der Waals surface area contributed by atoms with E-state index >= 15 is 4.39 Å². The number of hydrogen-bond donors (Lipinski definition) is 0. The molecule has 8 atom stereocenters. The maximum absolute atomic E-state index is 17.1. The van der Waals surface area contributed by atoms with Gasteiger partial charge in [0.1, 0.15) is 12.3 Å². The zero-order chi connectivity index (χ0) is 24.9. The van der Waals surface area contributed by atoms with Crippen molar-refractivity contribution in [1.29, 1.82) is 0 Å². The lowest BCUT2D eigenvalue weighted by Gasteiger charge is -2.61. The maximum Gasteiger partial charge on any atom is 0.306 e. The molecule has 0 heterocycles. The summed E-state index contributed by atoms with van der Waals surface area (Å²) in [6.45, 7) is 7.96. The van der Waals surface area contributed by atoms with Crippen molar-refractivity contribution >= 4 is 29.1 Å². The number of ketones is 2. The second kappa shape index (κ2) is 9.19. The standard InChI is InChI=1S/C28H38ClFO4/c1-5-6-7-8-24(33)34-16-23(32)25-17(2)13-19-20-15-22(29)21-14-18(31)9-10-27(21,4)28(20,30)12-11-26(19,25)3/h9-10,14,17,19-20,22,25H,5-8,11-13,15-16H2,1-4H3/t17-,19+,20+,22+,25-,26+,27+,28-/m1/s1. The van der Waals surface area contributed by atoms with Gasteiger partial charge >= 0.3 is 5.97 Å². The van der Waals surface area contributed by atoms with Crippen LogP contribution in [0.1, 0.15) is 79.1 Å². The van der Waals surface area contributed by atoms with E-state index in [2.05, 4.69) is 20.8 Å². The van der Waals surface area contributed by atoms with Crippen molar-refractivity contribution in [1.82, 2.24) is 0 Å². The lowest BCUT2D eigenvalue weighted by Crippen LogP contribution is -2.62. The SMILES string of the molecule is CCCCCC(=O)OCC(=O)[C@H]1[C@H](C)C[C@H]2[C@@H]3C[C@H](Cl)C4=CC(=O)C=C[C@]4(C)[C@@]3(F)CC[C@@]21C. The maximum atomic E-state index is 17.1. The number of Topliss-reactive ketones (excluding diaryl/α,β-unsaturated/α-hetero) is 1. The van der Waals surface area contributed by atoms with E-state index < -0.39 is 16.5 Å². The number of rotatable bonds is 7. The van der Waals surface area contributed by atoms with Crippen LogP contribution in [0, 0.1) is 34.5 Å². The van der Waals surface area contributed by atoms with E-state index in [4.69, 9.17) is 16.3 Å². The summed E-state index contributed by atoms with van der Waals surface area (Å²) in [7, 11) is 0. The molecule has 3 fully saturated rings. The molecule has 0 aromatic rings. The van der Waals surface area contributed by atoms with Crippen LogP contribution in [-0.2, 0) is 19.1 Å². The minimum atomic E-state index is -1.50. The molecule has 4 aliphatic carbocycles. The first-order chi connectivity index (χ1) is 16.0. The second-order valence-electron chi connectivity index (χ2n) is 11.6. The topological polar surface area (TPSA) is 60.4 Å². The zero-order valence-corrected chi connectivity index (χ0v) is 21.6. The molecule has 4 nitrogen and oxygen atoms in total. The van der Waals surface area contributed by atoms with Crippen molar-refractivity contribution in [3.63, 3.8) is 0 Å². The Hall–Kier alpha value is -1.49. The summed E-state index contributed by atoms with van der Waals surface area (Å²) >= 11 is 6.79. The van der Waals surface area contributed by atoms with Crippen LogP contribution in [0.5, 0.6) is 0 Å². The largest absolute Gasteiger partial charge is 0.458 e. The van der Waals surface area contributed by atoms with Gasteiger partial charge in [0.25, 0.3) is 0 Å². The molecular formula is C28H38ClFO4. The van der Waals surface area contributed by atoms with Crippen LogP contribution in [0.15, 0.2) is 23.8 Å². The highest BCUT2D eigenvalue weighted by atomic mass is 35.5. The molecule has 0 amide bonds. The third kappa shape index (κ3) is 3.90. The first-order valence-corrected chi connectivity index (χ1v) is 13.4. The fraction of sp³-hybridized carbons (Fsp3) is 0.750. The molecule has 3 saturated carbocycles. The number of ether oxygens (including phenoxy) is 1. The van der Waals surface area contributed by atoms with Gasteiger partial charge in [-0.2, -0.15) is 0 Å². The molecule has 0 unspecified atom stereocenters. The minimum absolute atomic E-state index is 0.0149. The fourth-order valence-electron chi connectivity index (χ4n) is 7.96. The Bertz CT molecular complexity index is 927. The van der Waals surface area contributed by atoms with Gasteiger partial charge in [0.05, 0.1) is 5.38 Å². The quantitative estimate of drug-likeness (QED) is 0.242. The summed E-state index contributed by atoms with van der Waals surface area (Å²) in [5.74, 6) is -0.931. The predicted molar refractivity (Wildman–Crippen MR) is 130 cm³/mol. The Balaban J connectivity index is 1.54. The molecule has 188 valence electrons. The van der Waals surface area contributed by atoms with Gasteiger partial charge < -0.3 is 4.74 Å². The molecule has 0 aromatic heterocycles. The highest BCUT2D eigenvalue weighted by Gasteiger charge is 2.69. The first-order valence-electron chi connectivity index (χ1n) is 12.9. The lowest BCUT2D eigenvalue weighted by atomic mass is 9.46. The molecule has 4 rings (SSSR count). The third-order valence-corrected chi connectivity index (χ3v) is 10.1. The minimum Gasteiger partial charge on any atom is -0.458 e. The van der Waals surface area contributed by atoms with Crippen LogP contribution >= 0.6 is 11.6 Å². The Morgan fingerprint density at radius 3 is 2.62 bits per heavy atom. The molecule has 6 heteroatoms. The van der Waals surface area contributed by atoms with Crippen molar-refractivity contribution in [3.8, 4) is 0 Å². The summed E-state index contributed by atoms with van der Waals surface area (Å²) in [5, 5.41) is -0.399. The van der Waals surface area contributed by atoms with Crippen molar-refractivity contribution < 1.29 is 23.5 Å². The highest BCUT2D eigenvalue weighted by molar-refractivity contribution is 6.23. The van der Waals surface area contributed by atoms with Crippen LogP contribution in [-0.4, -0.2) is 35.2 Å². The van der Waals surface area contributed by atoms with Crippen LogP contribution < -0.4 is 0 Å². The zero-order valence-electron chi connectivity index (χ0n) is 20.9. The number of carbonyl (C=O) groups excluding carboxylic acids is 3. The molecule has 0 N–H and O–H groups in total. The van der Waals surface area contributed by atoms with Gasteiger partial charge in [0.2, 0.25) is 0 Å². The third-order valence-electron chi connectivity index (χ3n) is 9.70. The molecule has 0 bridgehead atoms. The lowest BCUT2D eigenvalue weighted by molar-refractivity contribution is -0.154. The molecule has 4 aliphatic rings. The van der Waals surface area contributed by atoms with Crippen LogP contribution in [0.4, 0.5) is 4.39 Å². The number of alkyl halides is 2. The van der Waals surface area contributed by atoms with E-state index in [1.54, 1.807) is 6.08 Å². The Labute approximate surface area is 207 Å². The monoisotopic (exact) mass is 492 g/mol. The smallest absolute Gasteiger partial charge is 0.306 e.